The van der Waals surface area contributed by atoms with Crippen LogP contribution in [0.1, 0.15) is 15.9 Å². The number of methoxy groups -OCH3 is 1. The van der Waals surface area contributed by atoms with Gasteiger partial charge in [0.25, 0.3) is 0 Å². The lowest BCUT2D eigenvalue weighted by atomic mass is 10.1. The fraction of sp³-hybridized carbons (Fsp3) is 0.188. The van der Waals surface area contributed by atoms with Crippen molar-refractivity contribution in [3.05, 3.63) is 59.4 Å². The highest BCUT2D eigenvalue weighted by molar-refractivity contribution is 5.76. The Balaban J connectivity index is 2.23. The zero-order valence-corrected chi connectivity index (χ0v) is 11.5. The molecule has 0 saturated carbocycles. The van der Waals surface area contributed by atoms with Crippen molar-refractivity contribution >= 4 is 12.0 Å². The van der Waals surface area contributed by atoms with Gasteiger partial charge in [-0.25, -0.2) is 4.39 Å². The Morgan fingerprint density at radius 3 is 2.65 bits per heavy atom. The van der Waals surface area contributed by atoms with Gasteiger partial charge in [0.2, 0.25) is 0 Å². The van der Waals surface area contributed by atoms with Gasteiger partial charge in [-0.2, -0.15) is 0 Å². The summed E-state index contributed by atoms with van der Waals surface area (Å²) in [5.74, 6) is 0.358. The quantitative estimate of drug-likeness (QED) is 0.783. The summed E-state index contributed by atoms with van der Waals surface area (Å²) in [6.45, 7) is 0.515. The summed E-state index contributed by atoms with van der Waals surface area (Å²) in [4.78, 5) is 12.4. The van der Waals surface area contributed by atoms with Crippen LogP contribution in [-0.2, 0) is 6.54 Å². The van der Waals surface area contributed by atoms with Crippen LogP contribution in [-0.4, -0.2) is 20.4 Å². The van der Waals surface area contributed by atoms with Crippen molar-refractivity contribution in [2.75, 3.05) is 19.1 Å². The standard InChI is InChI=1S/C16H16FNO2/c1-18(10-13-5-3-4-6-16(13)20-2)15-8-7-12(11-19)9-14(15)17/h3-9,11H,10H2,1-2H3. The molecular weight excluding hydrogens is 257 g/mol. The number of aldehydes is 1. The molecule has 2 rings (SSSR count). The van der Waals surface area contributed by atoms with Gasteiger partial charge in [0.1, 0.15) is 17.9 Å². The first-order valence-corrected chi connectivity index (χ1v) is 6.23. The van der Waals surface area contributed by atoms with Crippen molar-refractivity contribution in [2.45, 2.75) is 6.54 Å². The molecule has 0 radical (unpaired) electrons. The Hall–Kier alpha value is -2.36. The molecule has 0 atom stereocenters. The van der Waals surface area contributed by atoms with Crippen LogP contribution in [0, 0.1) is 5.82 Å². The lowest BCUT2D eigenvalue weighted by Crippen LogP contribution is -2.18. The number of carbonyl (C=O) groups is 1. The first-order valence-electron chi connectivity index (χ1n) is 6.23. The minimum Gasteiger partial charge on any atom is -0.496 e. The van der Waals surface area contributed by atoms with E-state index in [0.29, 0.717) is 24.1 Å². The number of halogens is 1. The summed E-state index contributed by atoms with van der Waals surface area (Å²) in [6.07, 6.45) is 0.632. The van der Waals surface area contributed by atoms with E-state index in [1.54, 1.807) is 31.2 Å². The highest BCUT2D eigenvalue weighted by Crippen LogP contribution is 2.24. The highest BCUT2D eigenvalue weighted by atomic mass is 19.1. The molecule has 104 valence electrons. The SMILES string of the molecule is COc1ccccc1CN(C)c1ccc(C=O)cc1F. The number of anilines is 1. The molecule has 0 fully saturated rings. The lowest BCUT2D eigenvalue weighted by Gasteiger charge is -2.21. The van der Waals surface area contributed by atoms with Gasteiger partial charge in [-0.15, -0.1) is 0 Å². The van der Waals surface area contributed by atoms with Crippen LogP contribution in [0.4, 0.5) is 10.1 Å². The third-order valence-corrected chi connectivity index (χ3v) is 3.12. The van der Waals surface area contributed by atoms with Gasteiger partial charge < -0.3 is 9.64 Å². The molecule has 20 heavy (non-hydrogen) atoms. The minimum atomic E-state index is -0.410. The van der Waals surface area contributed by atoms with Gasteiger partial charge in [-0.05, 0) is 24.3 Å². The Kier molecular flexibility index (Phi) is 4.35. The Morgan fingerprint density at radius 1 is 1.25 bits per heavy atom. The largest absolute Gasteiger partial charge is 0.496 e. The second-order valence-corrected chi connectivity index (χ2v) is 4.50. The maximum absolute atomic E-state index is 13.9. The Morgan fingerprint density at radius 2 is 2.00 bits per heavy atom. The second kappa shape index (κ2) is 6.19. The summed E-state index contributed by atoms with van der Waals surface area (Å²) >= 11 is 0. The van der Waals surface area contributed by atoms with E-state index in [1.165, 1.54) is 6.07 Å². The number of carbonyl (C=O) groups excluding carboxylic acids is 1. The van der Waals surface area contributed by atoms with Crippen LogP contribution in [0.15, 0.2) is 42.5 Å². The zero-order valence-electron chi connectivity index (χ0n) is 11.5. The molecule has 4 heteroatoms. The number of benzene rings is 2. The molecule has 0 aliphatic carbocycles. The van der Waals surface area contributed by atoms with Crippen LogP contribution in [0.5, 0.6) is 5.75 Å². The van der Waals surface area contributed by atoms with E-state index >= 15 is 0 Å². The number of hydrogen-bond donors (Lipinski definition) is 0. The number of hydrogen-bond acceptors (Lipinski definition) is 3. The first kappa shape index (κ1) is 14.1. The lowest BCUT2D eigenvalue weighted by molar-refractivity contribution is 0.112. The molecule has 0 aliphatic rings. The van der Waals surface area contributed by atoms with Gasteiger partial charge in [-0.1, -0.05) is 18.2 Å². The molecule has 0 saturated heterocycles. The van der Waals surface area contributed by atoms with Crippen molar-refractivity contribution in [1.82, 2.24) is 0 Å². The van der Waals surface area contributed by atoms with Crippen LogP contribution < -0.4 is 9.64 Å². The molecule has 0 aromatic heterocycles. The highest BCUT2D eigenvalue weighted by Gasteiger charge is 2.11. The van der Waals surface area contributed by atoms with Crippen molar-refractivity contribution in [2.24, 2.45) is 0 Å². The van der Waals surface area contributed by atoms with E-state index in [0.717, 1.165) is 11.3 Å². The summed E-state index contributed by atoms with van der Waals surface area (Å²) in [5, 5.41) is 0. The van der Waals surface area contributed by atoms with Gasteiger partial charge in [0.15, 0.2) is 0 Å². The van der Waals surface area contributed by atoms with E-state index in [2.05, 4.69) is 0 Å². The topological polar surface area (TPSA) is 29.5 Å². The molecule has 0 unspecified atom stereocenters. The fourth-order valence-electron chi connectivity index (χ4n) is 2.08. The number of ether oxygens (including phenoxy) is 1. The maximum atomic E-state index is 13.9. The van der Waals surface area contributed by atoms with Crippen LogP contribution in [0.3, 0.4) is 0 Å². The van der Waals surface area contributed by atoms with E-state index < -0.39 is 5.82 Å². The summed E-state index contributed by atoms with van der Waals surface area (Å²) in [5.41, 5.74) is 1.75. The van der Waals surface area contributed by atoms with Crippen molar-refractivity contribution < 1.29 is 13.9 Å². The maximum Gasteiger partial charge on any atom is 0.150 e. The molecule has 0 N–H and O–H groups in total. The normalized spacial score (nSPS) is 10.2. The van der Waals surface area contributed by atoms with Gasteiger partial charge in [0.05, 0.1) is 12.8 Å². The Labute approximate surface area is 117 Å². The molecule has 2 aromatic rings. The smallest absolute Gasteiger partial charge is 0.150 e. The molecule has 0 heterocycles. The molecular formula is C16H16FNO2. The van der Waals surface area contributed by atoms with Crippen LogP contribution in [0.25, 0.3) is 0 Å². The van der Waals surface area contributed by atoms with Crippen molar-refractivity contribution in [1.29, 1.82) is 0 Å². The molecule has 3 nitrogen and oxygen atoms in total. The average molecular weight is 273 g/mol. The Bertz CT molecular complexity index is 613. The van der Waals surface area contributed by atoms with E-state index in [4.69, 9.17) is 4.74 Å². The first-order chi connectivity index (χ1) is 9.65. The predicted octanol–water partition coefficient (Wildman–Crippen LogP) is 3.28. The summed E-state index contributed by atoms with van der Waals surface area (Å²) in [7, 11) is 3.41. The second-order valence-electron chi connectivity index (χ2n) is 4.50. The molecule has 0 aliphatic heterocycles. The predicted molar refractivity (Wildman–Crippen MR) is 76.9 cm³/mol. The molecule has 0 spiro atoms. The van der Waals surface area contributed by atoms with Crippen molar-refractivity contribution in [3.63, 3.8) is 0 Å². The van der Waals surface area contributed by atoms with E-state index in [9.17, 15) is 9.18 Å². The van der Waals surface area contributed by atoms with Gasteiger partial charge >= 0.3 is 0 Å². The fourth-order valence-corrected chi connectivity index (χ4v) is 2.08. The number of rotatable bonds is 5. The number of nitrogens with zero attached hydrogens (tertiary/aromatic N) is 1. The van der Waals surface area contributed by atoms with Crippen LogP contribution in [0.2, 0.25) is 0 Å². The van der Waals surface area contributed by atoms with Gasteiger partial charge in [-0.3, -0.25) is 4.79 Å². The van der Waals surface area contributed by atoms with Crippen LogP contribution >= 0.6 is 0 Å². The summed E-state index contributed by atoms with van der Waals surface area (Å²) in [6, 6.07) is 12.1. The molecule has 2 aromatic carbocycles. The van der Waals surface area contributed by atoms with Crippen molar-refractivity contribution in [3.8, 4) is 5.75 Å². The third-order valence-electron chi connectivity index (χ3n) is 3.12. The zero-order chi connectivity index (χ0) is 14.5. The minimum absolute atomic E-state index is 0.331. The van der Waals surface area contributed by atoms with E-state index in [-0.39, 0.29) is 0 Å². The van der Waals surface area contributed by atoms with E-state index in [1.807, 2.05) is 24.3 Å². The molecule has 0 amide bonds. The third kappa shape index (κ3) is 2.96. The molecule has 0 bridgehead atoms. The van der Waals surface area contributed by atoms with Gasteiger partial charge in [0, 0.05) is 24.7 Å². The number of para-hydroxylation sites is 1. The monoisotopic (exact) mass is 273 g/mol. The average Bonchev–Trinajstić information content (AvgIpc) is 2.47. The summed E-state index contributed by atoms with van der Waals surface area (Å²) < 4.78 is 19.2.